The number of hydrogen-bond donors (Lipinski definition) is 0. The third-order valence-corrected chi connectivity index (χ3v) is 6.16. The second-order valence-corrected chi connectivity index (χ2v) is 8.08. The van der Waals surface area contributed by atoms with Gasteiger partial charge in [-0.2, -0.15) is 0 Å². The predicted octanol–water partition coefficient (Wildman–Crippen LogP) is 3.65. The van der Waals surface area contributed by atoms with Crippen LogP contribution in [0.15, 0.2) is 78.9 Å². The lowest BCUT2D eigenvalue weighted by Gasteiger charge is -2.28. The molecule has 2 aliphatic heterocycles. The van der Waals surface area contributed by atoms with Crippen molar-refractivity contribution < 1.29 is 24.1 Å². The van der Waals surface area contributed by atoms with Crippen LogP contribution in [-0.4, -0.2) is 34.9 Å². The summed E-state index contributed by atoms with van der Waals surface area (Å²) < 4.78 is 5.37. The molecule has 3 aromatic carbocycles. The molecule has 2 aliphatic rings. The molecule has 34 heavy (non-hydrogen) atoms. The Balaban J connectivity index is 1.54. The molecule has 0 spiro atoms. The van der Waals surface area contributed by atoms with Gasteiger partial charge in [0.05, 0.1) is 30.3 Å². The molecule has 3 aromatic rings. The second kappa shape index (κ2) is 8.60. The fourth-order valence-corrected chi connectivity index (χ4v) is 4.59. The molecule has 0 bridgehead atoms. The standard InChI is InChI=1S/C25H21N3O6/c1-33-20-13-6-5-8-17(20)15-26-24(29)21-22(16-9-7-12-19(14-16)28(31)32)27(34-23(21)25(26)30)18-10-3-2-4-11-18/h2-14,21-23H,15H2,1H3/t21-,22+,23-/m1/s1. The molecule has 0 radical (unpaired) electrons. The van der Waals surface area contributed by atoms with Crippen LogP contribution in [-0.2, 0) is 21.0 Å². The van der Waals surface area contributed by atoms with Crippen molar-refractivity contribution in [3.63, 3.8) is 0 Å². The van der Waals surface area contributed by atoms with E-state index in [2.05, 4.69) is 0 Å². The van der Waals surface area contributed by atoms with E-state index in [4.69, 9.17) is 9.57 Å². The summed E-state index contributed by atoms with van der Waals surface area (Å²) in [7, 11) is 1.53. The highest BCUT2D eigenvalue weighted by molar-refractivity contribution is 6.07. The van der Waals surface area contributed by atoms with Gasteiger partial charge in [-0.1, -0.05) is 48.5 Å². The molecule has 9 heteroatoms. The van der Waals surface area contributed by atoms with Crippen LogP contribution >= 0.6 is 0 Å². The van der Waals surface area contributed by atoms with Crippen molar-refractivity contribution in [2.24, 2.45) is 5.92 Å². The normalized spacial score (nSPS) is 21.6. The minimum atomic E-state index is -1.04. The molecule has 172 valence electrons. The van der Waals surface area contributed by atoms with E-state index >= 15 is 0 Å². The maximum absolute atomic E-state index is 13.6. The van der Waals surface area contributed by atoms with E-state index in [1.165, 1.54) is 29.2 Å². The van der Waals surface area contributed by atoms with Crippen molar-refractivity contribution in [1.29, 1.82) is 0 Å². The number of hydrogen-bond acceptors (Lipinski definition) is 7. The van der Waals surface area contributed by atoms with Crippen LogP contribution in [0.4, 0.5) is 11.4 Å². The first-order chi connectivity index (χ1) is 16.5. The Labute approximate surface area is 195 Å². The molecule has 0 aliphatic carbocycles. The quantitative estimate of drug-likeness (QED) is 0.315. The fourth-order valence-electron chi connectivity index (χ4n) is 4.59. The third-order valence-electron chi connectivity index (χ3n) is 6.16. The van der Waals surface area contributed by atoms with Crippen molar-refractivity contribution >= 4 is 23.2 Å². The number of para-hydroxylation sites is 2. The van der Waals surface area contributed by atoms with E-state index in [1.54, 1.807) is 36.4 Å². The second-order valence-electron chi connectivity index (χ2n) is 8.08. The zero-order valence-corrected chi connectivity index (χ0v) is 18.2. The van der Waals surface area contributed by atoms with Gasteiger partial charge in [0.25, 0.3) is 11.6 Å². The van der Waals surface area contributed by atoms with Crippen LogP contribution in [0.1, 0.15) is 17.2 Å². The number of fused-ring (bicyclic) bond motifs is 1. The zero-order chi connectivity index (χ0) is 23.8. The minimum Gasteiger partial charge on any atom is -0.496 e. The maximum Gasteiger partial charge on any atom is 0.269 e. The van der Waals surface area contributed by atoms with Crippen molar-refractivity contribution in [2.75, 3.05) is 12.2 Å². The number of carbonyl (C=O) groups is 2. The van der Waals surface area contributed by atoms with Gasteiger partial charge in [0.1, 0.15) is 11.7 Å². The Morgan fingerprint density at radius 3 is 2.44 bits per heavy atom. The number of carbonyl (C=O) groups excluding carboxylic acids is 2. The van der Waals surface area contributed by atoms with E-state index in [1.807, 2.05) is 30.3 Å². The highest BCUT2D eigenvalue weighted by Gasteiger charge is 2.60. The van der Waals surface area contributed by atoms with Gasteiger partial charge in [0.15, 0.2) is 6.10 Å². The minimum absolute atomic E-state index is 0.0467. The molecule has 2 amide bonds. The van der Waals surface area contributed by atoms with E-state index in [9.17, 15) is 19.7 Å². The number of ether oxygens (including phenoxy) is 1. The summed E-state index contributed by atoms with van der Waals surface area (Å²) >= 11 is 0. The SMILES string of the molecule is COc1ccccc1CN1C(=O)[C@H]2[C@@H](ON(c3ccccc3)[C@H]2c2cccc([N+](=O)[O-])c2)C1=O. The number of hydroxylamine groups is 1. The number of amides is 2. The molecule has 9 nitrogen and oxygen atoms in total. The van der Waals surface area contributed by atoms with Crippen LogP contribution in [0, 0.1) is 16.0 Å². The summed E-state index contributed by atoms with van der Waals surface area (Å²) in [5.74, 6) is -1.13. The van der Waals surface area contributed by atoms with Gasteiger partial charge < -0.3 is 4.74 Å². The topological polar surface area (TPSA) is 102 Å². The van der Waals surface area contributed by atoms with Crippen LogP contribution in [0.5, 0.6) is 5.75 Å². The number of anilines is 1. The Bertz CT molecular complexity index is 1260. The van der Waals surface area contributed by atoms with Gasteiger partial charge in [-0.05, 0) is 23.8 Å². The first-order valence-corrected chi connectivity index (χ1v) is 10.7. The predicted molar refractivity (Wildman–Crippen MR) is 122 cm³/mol. The molecule has 0 N–H and O–H groups in total. The van der Waals surface area contributed by atoms with Crippen molar-refractivity contribution in [3.8, 4) is 5.75 Å². The number of likely N-dealkylation sites (tertiary alicyclic amines) is 1. The average molecular weight is 459 g/mol. The molecular formula is C25H21N3O6. The summed E-state index contributed by atoms with van der Waals surface area (Å²) in [6, 6.07) is 21.6. The lowest BCUT2D eigenvalue weighted by molar-refractivity contribution is -0.384. The monoisotopic (exact) mass is 459 g/mol. The fraction of sp³-hybridized carbons (Fsp3) is 0.200. The van der Waals surface area contributed by atoms with Crippen molar-refractivity contribution in [2.45, 2.75) is 18.7 Å². The first-order valence-electron chi connectivity index (χ1n) is 10.7. The number of nitro benzene ring substituents is 1. The molecular weight excluding hydrogens is 438 g/mol. The number of nitro groups is 1. The first kappa shape index (κ1) is 21.6. The zero-order valence-electron chi connectivity index (χ0n) is 18.2. The van der Waals surface area contributed by atoms with Crippen molar-refractivity contribution in [3.05, 3.63) is 100 Å². The van der Waals surface area contributed by atoms with E-state index in [0.29, 0.717) is 22.6 Å². The van der Waals surface area contributed by atoms with E-state index in [0.717, 1.165) is 0 Å². The number of rotatable bonds is 6. The van der Waals surface area contributed by atoms with Gasteiger partial charge in [0, 0.05) is 17.7 Å². The maximum atomic E-state index is 13.6. The van der Waals surface area contributed by atoms with Crippen LogP contribution in [0.25, 0.3) is 0 Å². The Kier molecular flexibility index (Phi) is 5.46. The van der Waals surface area contributed by atoms with E-state index < -0.39 is 34.8 Å². The number of benzene rings is 3. The molecule has 5 rings (SSSR count). The summed E-state index contributed by atoms with van der Waals surface area (Å²) in [6.45, 7) is 0.0467. The van der Waals surface area contributed by atoms with Gasteiger partial charge >= 0.3 is 0 Å². The molecule has 0 aromatic heterocycles. The smallest absolute Gasteiger partial charge is 0.269 e. The lowest BCUT2D eigenvalue weighted by atomic mass is 9.90. The van der Waals surface area contributed by atoms with Crippen LogP contribution in [0.2, 0.25) is 0 Å². The summed E-state index contributed by atoms with van der Waals surface area (Å²) in [4.78, 5) is 45.1. The van der Waals surface area contributed by atoms with Crippen molar-refractivity contribution in [1.82, 2.24) is 4.90 Å². The third kappa shape index (κ3) is 3.56. The Morgan fingerprint density at radius 1 is 0.971 bits per heavy atom. The lowest BCUT2D eigenvalue weighted by Crippen LogP contribution is -2.37. The number of imide groups is 1. The Morgan fingerprint density at radius 2 is 1.71 bits per heavy atom. The van der Waals surface area contributed by atoms with Crippen LogP contribution < -0.4 is 9.80 Å². The van der Waals surface area contributed by atoms with E-state index in [-0.39, 0.29) is 12.2 Å². The van der Waals surface area contributed by atoms with Crippen LogP contribution in [0.3, 0.4) is 0 Å². The highest BCUT2D eigenvalue weighted by atomic mass is 16.7. The van der Waals surface area contributed by atoms with Gasteiger partial charge in [-0.3, -0.25) is 29.4 Å². The average Bonchev–Trinajstić information content (AvgIpc) is 3.37. The highest BCUT2D eigenvalue weighted by Crippen LogP contribution is 2.47. The molecule has 0 unspecified atom stereocenters. The molecule has 0 saturated carbocycles. The molecule has 2 saturated heterocycles. The molecule has 3 atom stereocenters. The largest absolute Gasteiger partial charge is 0.496 e. The summed E-state index contributed by atoms with van der Waals surface area (Å²) in [5, 5.41) is 12.9. The Hall–Kier alpha value is -4.24. The van der Waals surface area contributed by atoms with Gasteiger partial charge in [-0.15, -0.1) is 0 Å². The summed E-state index contributed by atoms with van der Waals surface area (Å²) in [5.41, 5.74) is 1.76. The molecule has 2 heterocycles. The number of non-ortho nitro benzene ring substituents is 1. The molecule has 2 fully saturated rings. The van der Waals surface area contributed by atoms with Gasteiger partial charge in [0.2, 0.25) is 5.91 Å². The number of nitrogens with zero attached hydrogens (tertiary/aromatic N) is 3. The summed E-state index contributed by atoms with van der Waals surface area (Å²) in [6.07, 6.45) is -1.04. The van der Waals surface area contributed by atoms with Gasteiger partial charge in [-0.25, -0.2) is 5.06 Å². The number of methoxy groups -OCH3 is 1.